The van der Waals surface area contributed by atoms with Crippen LogP contribution in [0.4, 0.5) is 0 Å². The second kappa shape index (κ2) is 3.70. The van der Waals surface area contributed by atoms with Crippen LogP contribution in [0.5, 0.6) is 0 Å². The van der Waals surface area contributed by atoms with E-state index < -0.39 is 35.2 Å². The van der Waals surface area contributed by atoms with E-state index in [1.165, 1.54) is 7.11 Å². The van der Waals surface area contributed by atoms with Gasteiger partial charge < -0.3 is 4.74 Å². The van der Waals surface area contributed by atoms with Crippen LogP contribution in [0, 0.1) is 10.1 Å². The number of hydrogen-bond donors (Lipinski definition) is 4. The van der Waals surface area contributed by atoms with Crippen molar-refractivity contribution < 1.29 is 14.5 Å². The Hall–Kier alpha value is -1.29. The van der Waals surface area contributed by atoms with Crippen LogP contribution in [-0.2, 0) is 9.53 Å². The Labute approximate surface area is 84.6 Å². The fourth-order valence-electron chi connectivity index (χ4n) is 1.81. The number of fused-ring (bicyclic) bond motifs is 1. The number of carbonyl (C=O) groups excluding carboxylic acids is 1. The molecule has 2 rings (SSSR count). The number of carbonyl (C=O) groups is 1. The zero-order chi connectivity index (χ0) is 11.0. The molecule has 2 heterocycles. The van der Waals surface area contributed by atoms with Crippen LogP contribution >= 0.6 is 0 Å². The molecule has 4 unspecified atom stereocenters. The van der Waals surface area contributed by atoms with E-state index in [0.29, 0.717) is 0 Å². The third-order valence-electron chi connectivity index (χ3n) is 2.57. The van der Waals surface area contributed by atoms with Gasteiger partial charge in [-0.05, 0) is 0 Å². The number of rotatable bonds is 2. The van der Waals surface area contributed by atoms with Gasteiger partial charge in [0.1, 0.15) is 12.1 Å². The van der Waals surface area contributed by atoms with Gasteiger partial charge in [-0.2, -0.15) is 5.43 Å². The van der Waals surface area contributed by atoms with Gasteiger partial charge in [0.05, 0.1) is 13.2 Å². The minimum absolute atomic E-state index is 0.396. The molecule has 0 aliphatic carbocycles. The highest BCUT2D eigenvalue weighted by molar-refractivity contribution is 5.77. The molecule has 2 saturated heterocycles. The third kappa shape index (κ3) is 1.55. The Kier molecular flexibility index (Phi) is 2.52. The molecule has 0 aromatic heterocycles. The van der Waals surface area contributed by atoms with E-state index in [1.54, 1.807) is 0 Å². The Balaban J connectivity index is 2.08. The highest BCUT2D eigenvalue weighted by atomic mass is 16.6. The molecule has 0 radical (unpaired) electrons. The molecule has 2 aliphatic heterocycles. The third-order valence-corrected chi connectivity index (χ3v) is 2.57. The molecule has 0 aromatic carbocycles. The first kappa shape index (κ1) is 10.2. The van der Waals surface area contributed by atoms with E-state index in [2.05, 4.69) is 26.4 Å². The van der Waals surface area contributed by atoms with Gasteiger partial charge in [-0.1, -0.05) is 0 Å². The zero-order valence-corrected chi connectivity index (χ0v) is 7.89. The Bertz CT molecular complexity index is 297. The quantitative estimate of drug-likeness (QED) is 0.221. The van der Waals surface area contributed by atoms with Crippen molar-refractivity contribution in [3.63, 3.8) is 0 Å². The zero-order valence-electron chi connectivity index (χ0n) is 7.89. The maximum absolute atomic E-state index is 11.3. The van der Waals surface area contributed by atoms with Crippen molar-refractivity contribution >= 4 is 5.97 Å². The minimum atomic E-state index is -0.961. The predicted molar refractivity (Wildman–Crippen MR) is 46.7 cm³/mol. The van der Waals surface area contributed by atoms with Crippen molar-refractivity contribution in [1.29, 1.82) is 0 Å². The predicted octanol–water partition coefficient (Wildman–Crippen LogP) is -2.92. The fourth-order valence-corrected chi connectivity index (χ4v) is 1.81. The van der Waals surface area contributed by atoms with Crippen LogP contribution in [0.1, 0.15) is 0 Å². The van der Waals surface area contributed by atoms with E-state index in [9.17, 15) is 14.9 Å². The molecule has 0 amide bonds. The molecule has 0 aromatic rings. The van der Waals surface area contributed by atoms with Crippen LogP contribution in [0.3, 0.4) is 0 Å². The van der Waals surface area contributed by atoms with E-state index in [1.807, 2.05) is 0 Å². The maximum atomic E-state index is 11.3. The summed E-state index contributed by atoms with van der Waals surface area (Å²) in [6.07, 6.45) is -0.961. The number of hydrazine groups is 2. The summed E-state index contributed by atoms with van der Waals surface area (Å²) in [6.45, 7) is 0. The number of esters is 1. The second-order valence-corrected chi connectivity index (χ2v) is 3.36. The standard InChI is InChI=1S/C6H11N5O4/c1-15-6(12)4-2-3(8-9-4)5(10-7-2)11(13)14/h2-5,7-10H,1H3. The lowest BCUT2D eigenvalue weighted by Crippen LogP contribution is -2.50. The average molecular weight is 217 g/mol. The first-order chi connectivity index (χ1) is 7.15. The lowest BCUT2D eigenvalue weighted by Gasteiger charge is -2.12. The summed E-state index contributed by atoms with van der Waals surface area (Å²) in [5.74, 6) is -0.465. The number of nitrogens with zero attached hydrogens (tertiary/aromatic N) is 1. The monoisotopic (exact) mass is 217 g/mol. The number of nitrogens with one attached hydrogen (secondary N) is 4. The summed E-state index contributed by atoms with van der Waals surface area (Å²) < 4.78 is 4.56. The van der Waals surface area contributed by atoms with Crippen molar-refractivity contribution in [2.24, 2.45) is 0 Å². The van der Waals surface area contributed by atoms with Gasteiger partial charge >= 0.3 is 5.97 Å². The van der Waals surface area contributed by atoms with Crippen molar-refractivity contribution in [1.82, 2.24) is 21.7 Å². The first-order valence-electron chi connectivity index (χ1n) is 4.38. The maximum Gasteiger partial charge on any atom is 0.325 e. The molecule has 0 spiro atoms. The molecular formula is C6H11N5O4. The molecule has 2 fully saturated rings. The molecule has 4 atom stereocenters. The molecule has 84 valence electrons. The average Bonchev–Trinajstić information content (AvgIpc) is 2.75. The minimum Gasteiger partial charge on any atom is -0.468 e. The van der Waals surface area contributed by atoms with Gasteiger partial charge in [0.25, 0.3) is 6.17 Å². The summed E-state index contributed by atoms with van der Waals surface area (Å²) in [5.41, 5.74) is 10.6. The van der Waals surface area contributed by atoms with Crippen LogP contribution in [0.2, 0.25) is 0 Å². The van der Waals surface area contributed by atoms with Gasteiger partial charge in [-0.25, -0.2) is 16.3 Å². The first-order valence-corrected chi connectivity index (χ1v) is 4.38. The van der Waals surface area contributed by atoms with E-state index >= 15 is 0 Å². The molecule has 9 heteroatoms. The number of hydrogen-bond acceptors (Lipinski definition) is 8. The number of ether oxygens (including phenoxy) is 1. The summed E-state index contributed by atoms with van der Waals surface area (Å²) in [4.78, 5) is 21.4. The smallest absolute Gasteiger partial charge is 0.325 e. The molecule has 2 aliphatic rings. The van der Waals surface area contributed by atoms with Crippen LogP contribution in [0.15, 0.2) is 0 Å². The van der Waals surface area contributed by atoms with Crippen LogP contribution in [-0.4, -0.2) is 42.3 Å². The Morgan fingerprint density at radius 3 is 2.53 bits per heavy atom. The summed E-state index contributed by atoms with van der Waals surface area (Å²) in [5, 5.41) is 10.6. The number of nitro groups is 1. The van der Waals surface area contributed by atoms with Crippen molar-refractivity contribution in [2.45, 2.75) is 24.3 Å². The second-order valence-electron chi connectivity index (χ2n) is 3.36. The van der Waals surface area contributed by atoms with Gasteiger partial charge in [-0.3, -0.25) is 14.9 Å². The lowest BCUT2D eigenvalue weighted by atomic mass is 10.0. The van der Waals surface area contributed by atoms with Crippen molar-refractivity contribution in [3.8, 4) is 0 Å². The summed E-state index contributed by atoms with van der Waals surface area (Å²) >= 11 is 0. The highest BCUT2D eigenvalue weighted by Crippen LogP contribution is 2.15. The topological polar surface area (TPSA) is 118 Å². The van der Waals surface area contributed by atoms with E-state index in [-0.39, 0.29) is 0 Å². The fraction of sp³-hybridized carbons (Fsp3) is 0.833. The summed E-state index contributed by atoms with van der Waals surface area (Å²) in [7, 11) is 1.27. The van der Waals surface area contributed by atoms with Gasteiger partial charge in [0, 0.05) is 4.92 Å². The lowest BCUT2D eigenvalue weighted by molar-refractivity contribution is -0.530. The highest BCUT2D eigenvalue weighted by Gasteiger charge is 2.53. The largest absolute Gasteiger partial charge is 0.468 e. The van der Waals surface area contributed by atoms with Crippen molar-refractivity contribution in [3.05, 3.63) is 10.1 Å². The molecule has 4 N–H and O–H groups in total. The molecule has 0 bridgehead atoms. The van der Waals surface area contributed by atoms with E-state index in [4.69, 9.17) is 0 Å². The molecule has 0 saturated carbocycles. The van der Waals surface area contributed by atoms with Gasteiger partial charge in [0.15, 0.2) is 0 Å². The SMILES string of the molecule is COC(=O)C1NNC2C1NNC2[N+](=O)[O-]. The van der Waals surface area contributed by atoms with Gasteiger partial charge in [0.2, 0.25) is 0 Å². The Morgan fingerprint density at radius 2 is 1.93 bits per heavy atom. The molecule has 9 nitrogen and oxygen atoms in total. The molecular weight excluding hydrogens is 206 g/mol. The molecule has 15 heavy (non-hydrogen) atoms. The normalized spacial score (nSPS) is 38.7. The summed E-state index contributed by atoms with van der Waals surface area (Å²) in [6, 6.07) is -1.51. The van der Waals surface area contributed by atoms with Gasteiger partial charge in [-0.15, -0.1) is 0 Å². The number of methoxy groups -OCH3 is 1. The van der Waals surface area contributed by atoms with Crippen LogP contribution in [0.25, 0.3) is 0 Å². The Morgan fingerprint density at radius 1 is 1.27 bits per heavy atom. The van der Waals surface area contributed by atoms with Crippen LogP contribution < -0.4 is 21.7 Å². The van der Waals surface area contributed by atoms with E-state index in [0.717, 1.165) is 0 Å². The van der Waals surface area contributed by atoms with Crippen molar-refractivity contribution in [2.75, 3.05) is 7.11 Å².